The molecule has 0 unspecified atom stereocenters. The van der Waals surface area contributed by atoms with Crippen LogP contribution in [-0.4, -0.2) is 35.4 Å². The molecule has 2 amide bonds. The minimum Gasteiger partial charge on any atom is -0.484 e. The monoisotopic (exact) mass is 416 g/mol. The van der Waals surface area contributed by atoms with Gasteiger partial charge in [0, 0.05) is 18.2 Å². The Morgan fingerprint density at radius 1 is 1.10 bits per heavy atom. The first-order chi connectivity index (χ1) is 14.4. The van der Waals surface area contributed by atoms with Crippen molar-refractivity contribution in [2.75, 3.05) is 6.61 Å². The van der Waals surface area contributed by atoms with Crippen molar-refractivity contribution in [2.45, 2.75) is 51.2 Å². The maximum Gasteiger partial charge on any atom is 0.261 e. The zero-order valence-corrected chi connectivity index (χ0v) is 16.9. The summed E-state index contributed by atoms with van der Waals surface area (Å²) in [5.41, 5.74) is 0.313. The lowest BCUT2D eigenvalue weighted by atomic mass is 10.1. The molecule has 5 nitrogen and oxygen atoms in total. The molecule has 2 aromatic rings. The fraction of sp³-hybridized carbons (Fsp3) is 0.391. The van der Waals surface area contributed by atoms with E-state index >= 15 is 0 Å². The molecule has 1 atom stereocenters. The van der Waals surface area contributed by atoms with Crippen LogP contribution in [-0.2, 0) is 16.1 Å². The first-order valence-corrected chi connectivity index (χ1v) is 10.2. The Morgan fingerprint density at radius 2 is 1.77 bits per heavy atom. The SMILES string of the molecule is C[C@H](C(=O)NC1CCCC1)N(Cc1ccccc1F)C(=O)COc1ccc(F)cc1. The van der Waals surface area contributed by atoms with Crippen LogP contribution in [0.4, 0.5) is 8.78 Å². The van der Waals surface area contributed by atoms with Crippen molar-refractivity contribution in [3.05, 3.63) is 65.7 Å². The lowest BCUT2D eigenvalue weighted by molar-refractivity contribution is -0.142. The number of amides is 2. The van der Waals surface area contributed by atoms with Gasteiger partial charge >= 0.3 is 0 Å². The first kappa shape index (κ1) is 21.7. The fourth-order valence-corrected chi connectivity index (χ4v) is 3.54. The number of nitrogens with zero attached hydrogens (tertiary/aromatic N) is 1. The normalized spacial score (nSPS) is 14.9. The zero-order chi connectivity index (χ0) is 21.5. The Bertz CT molecular complexity index is 867. The number of hydrogen-bond donors (Lipinski definition) is 1. The highest BCUT2D eigenvalue weighted by Crippen LogP contribution is 2.19. The highest BCUT2D eigenvalue weighted by Gasteiger charge is 2.29. The Kier molecular flexibility index (Phi) is 7.38. The smallest absolute Gasteiger partial charge is 0.261 e. The third-order valence-electron chi connectivity index (χ3n) is 5.34. The summed E-state index contributed by atoms with van der Waals surface area (Å²) in [5, 5.41) is 2.99. The van der Waals surface area contributed by atoms with Gasteiger partial charge in [0.05, 0.1) is 0 Å². The number of carbonyl (C=O) groups excluding carboxylic acids is 2. The van der Waals surface area contributed by atoms with E-state index in [2.05, 4.69) is 5.32 Å². The van der Waals surface area contributed by atoms with Gasteiger partial charge in [-0.3, -0.25) is 9.59 Å². The molecule has 0 aromatic heterocycles. The van der Waals surface area contributed by atoms with Crippen LogP contribution in [0.1, 0.15) is 38.2 Å². The van der Waals surface area contributed by atoms with E-state index in [1.54, 1.807) is 25.1 Å². The third-order valence-corrected chi connectivity index (χ3v) is 5.34. The van der Waals surface area contributed by atoms with Crippen molar-refractivity contribution in [1.82, 2.24) is 10.2 Å². The average molecular weight is 416 g/mol. The average Bonchev–Trinajstić information content (AvgIpc) is 3.25. The van der Waals surface area contributed by atoms with Gasteiger partial charge in [-0.05, 0) is 50.1 Å². The number of rotatable bonds is 8. The molecule has 3 rings (SSSR count). The van der Waals surface area contributed by atoms with Gasteiger partial charge < -0.3 is 15.0 Å². The van der Waals surface area contributed by atoms with Gasteiger partial charge in [0.1, 0.15) is 23.4 Å². The van der Waals surface area contributed by atoms with Gasteiger partial charge in [-0.15, -0.1) is 0 Å². The summed E-state index contributed by atoms with van der Waals surface area (Å²) in [6.45, 7) is 1.22. The molecule has 7 heteroatoms. The van der Waals surface area contributed by atoms with Crippen LogP contribution in [0.3, 0.4) is 0 Å². The molecule has 0 radical (unpaired) electrons. The van der Waals surface area contributed by atoms with Gasteiger partial charge in [0.15, 0.2) is 6.61 Å². The Labute approximate surface area is 175 Å². The van der Waals surface area contributed by atoms with Crippen molar-refractivity contribution < 1.29 is 23.1 Å². The second-order valence-electron chi connectivity index (χ2n) is 7.52. The van der Waals surface area contributed by atoms with Gasteiger partial charge in [0.25, 0.3) is 5.91 Å². The molecule has 1 fully saturated rings. The number of benzene rings is 2. The van der Waals surface area contributed by atoms with Crippen molar-refractivity contribution in [3.63, 3.8) is 0 Å². The second-order valence-corrected chi connectivity index (χ2v) is 7.52. The predicted molar refractivity (Wildman–Crippen MR) is 109 cm³/mol. The molecular formula is C23H26F2N2O3. The Balaban J connectivity index is 1.71. The zero-order valence-electron chi connectivity index (χ0n) is 16.9. The summed E-state index contributed by atoms with van der Waals surface area (Å²) in [6.07, 6.45) is 3.99. The van der Waals surface area contributed by atoms with Crippen LogP contribution in [0.2, 0.25) is 0 Å². The predicted octanol–water partition coefficient (Wildman–Crippen LogP) is 3.82. The number of hydrogen-bond acceptors (Lipinski definition) is 3. The molecule has 1 aliphatic rings. The van der Waals surface area contributed by atoms with E-state index in [-0.39, 0.29) is 25.1 Å². The minimum atomic E-state index is -0.797. The molecule has 0 aliphatic heterocycles. The van der Waals surface area contributed by atoms with Crippen LogP contribution in [0.5, 0.6) is 5.75 Å². The van der Waals surface area contributed by atoms with Crippen molar-refractivity contribution in [2.24, 2.45) is 0 Å². The maximum absolute atomic E-state index is 14.2. The third kappa shape index (κ3) is 5.78. The van der Waals surface area contributed by atoms with Gasteiger partial charge in [-0.25, -0.2) is 8.78 Å². The van der Waals surface area contributed by atoms with E-state index < -0.39 is 23.6 Å². The summed E-state index contributed by atoms with van der Waals surface area (Å²) in [7, 11) is 0. The summed E-state index contributed by atoms with van der Waals surface area (Å²) in [4.78, 5) is 27.0. The van der Waals surface area contributed by atoms with E-state index in [1.807, 2.05) is 0 Å². The topological polar surface area (TPSA) is 58.6 Å². The van der Waals surface area contributed by atoms with Crippen molar-refractivity contribution in [1.29, 1.82) is 0 Å². The molecule has 0 heterocycles. The van der Waals surface area contributed by atoms with Crippen LogP contribution in [0, 0.1) is 11.6 Å². The summed E-state index contributed by atoms with van der Waals surface area (Å²) in [5.74, 6) is -1.26. The van der Waals surface area contributed by atoms with Crippen LogP contribution in [0.25, 0.3) is 0 Å². The molecule has 2 aromatic carbocycles. The standard InChI is InChI=1S/C23H26F2N2O3/c1-16(23(29)26-19-7-3-4-8-19)27(14-17-6-2-5-9-21(17)25)22(28)15-30-20-12-10-18(24)11-13-20/h2,5-6,9-13,16,19H,3-4,7-8,14-15H2,1H3,(H,26,29)/t16-/m1/s1. The molecule has 0 saturated heterocycles. The quantitative estimate of drug-likeness (QED) is 0.712. The molecule has 0 bridgehead atoms. The lowest BCUT2D eigenvalue weighted by Gasteiger charge is -2.29. The molecule has 0 spiro atoms. The molecule has 1 N–H and O–H groups in total. The summed E-state index contributed by atoms with van der Waals surface area (Å²) < 4.78 is 32.7. The molecule has 1 aliphatic carbocycles. The first-order valence-electron chi connectivity index (χ1n) is 10.2. The van der Waals surface area contributed by atoms with Gasteiger partial charge in [-0.2, -0.15) is 0 Å². The Morgan fingerprint density at radius 3 is 2.43 bits per heavy atom. The highest BCUT2D eigenvalue weighted by atomic mass is 19.1. The molecule has 1 saturated carbocycles. The largest absolute Gasteiger partial charge is 0.484 e. The molecule has 30 heavy (non-hydrogen) atoms. The minimum absolute atomic E-state index is 0.0580. The van der Waals surface area contributed by atoms with E-state index in [9.17, 15) is 18.4 Å². The van der Waals surface area contributed by atoms with E-state index in [4.69, 9.17) is 4.74 Å². The van der Waals surface area contributed by atoms with Gasteiger partial charge in [-0.1, -0.05) is 31.0 Å². The van der Waals surface area contributed by atoms with Crippen molar-refractivity contribution >= 4 is 11.8 Å². The van der Waals surface area contributed by atoms with E-state index in [1.165, 1.54) is 35.2 Å². The number of nitrogens with one attached hydrogen (secondary N) is 1. The van der Waals surface area contributed by atoms with Gasteiger partial charge in [0.2, 0.25) is 5.91 Å². The summed E-state index contributed by atoms with van der Waals surface area (Å²) >= 11 is 0. The molecular weight excluding hydrogens is 390 g/mol. The number of halogens is 2. The maximum atomic E-state index is 14.2. The van der Waals surface area contributed by atoms with Crippen LogP contribution >= 0.6 is 0 Å². The lowest BCUT2D eigenvalue weighted by Crippen LogP contribution is -2.50. The van der Waals surface area contributed by atoms with Crippen LogP contribution in [0.15, 0.2) is 48.5 Å². The van der Waals surface area contributed by atoms with E-state index in [0.29, 0.717) is 11.3 Å². The van der Waals surface area contributed by atoms with Crippen LogP contribution < -0.4 is 10.1 Å². The summed E-state index contributed by atoms with van der Waals surface area (Å²) in [6, 6.07) is 10.8. The van der Waals surface area contributed by atoms with Crippen molar-refractivity contribution in [3.8, 4) is 5.75 Å². The second kappa shape index (κ2) is 10.2. The molecule has 160 valence electrons. The number of carbonyl (C=O) groups is 2. The Hall–Kier alpha value is -2.96. The van der Waals surface area contributed by atoms with E-state index in [0.717, 1.165) is 25.7 Å². The number of ether oxygens (including phenoxy) is 1. The fourth-order valence-electron chi connectivity index (χ4n) is 3.54. The highest BCUT2D eigenvalue weighted by molar-refractivity contribution is 5.88.